The summed E-state index contributed by atoms with van der Waals surface area (Å²) in [5.41, 5.74) is 0.235. The van der Waals surface area contributed by atoms with Crippen LogP contribution in [0, 0.1) is 11.6 Å². The summed E-state index contributed by atoms with van der Waals surface area (Å²) >= 11 is 0. The Kier molecular flexibility index (Phi) is 10.7. The number of hydrogen-bond acceptors (Lipinski definition) is 3. The molecule has 7 heteroatoms. The summed E-state index contributed by atoms with van der Waals surface area (Å²) in [5, 5.41) is 6.25. The topological polar surface area (TPSA) is 54.9 Å². The number of rotatable bonds is 11. The van der Waals surface area contributed by atoms with Crippen LogP contribution >= 0.6 is 0 Å². The van der Waals surface area contributed by atoms with Crippen LogP contribution in [0.4, 0.5) is 8.78 Å². The second-order valence-corrected chi connectivity index (χ2v) is 5.17. The van der Waals surface area contributed by atoms with Gasteiger partial charge in [-0.05, 0) is 38.0 Å². The van der Waals surface area contributed by atoms with Gasteiger partial charge in [0.2, 0.25) is 0 Å². The first-order valence-electron chi connectivity index (χ1n) is 8.20. The molecule has 2 N–H and O–H groups in total. The summed E-state index contributed by atoms with van der Waals surface area (Å²) < 4.78 is 37.0. The highest BCUT2D eigenvalue weighted by Gasteiger charge is 2.04. The van der Waals surface area contributed by atoms with E-state index in [0.717, 1.165) is 31.5 Å². The number of nitrogens with zero attached hydrogens (tertiary/aromatic N) is 1. The first kappa shape index (κ1) is 20.3. The Morgan fingerprint density at radius 3 is 2.71 bits per heavy atom. The molecule has 0 heterocycles. The second-order valence-electron chi connectivity index (χ2n) is 5.17. The maximum atomic E-state index is 13.6. The van der Waals surface area contributed by atoms with Gasteiger partial charge in [0.05, 0.1) is 19.8 Å². The van der Waals surface area contributed by atoms with Crippen molar-refractivity contribution in [2.24, 2.45) is 4.99 Å². The lowest BCUT2D eigenvalue weighted by atomic mass is 10.2. The van der Waals surface area contributed by atoms with Crippen LogP contribution in [0.25, 0.3) is 0 Å². The molecule has 24 heavy (non-hydrogen) atoms. The molecule has 0 atom stereocenters. The van der Waals surface area contributed by atoms with Gasteiger partial charge in [0, 0.05) is 32.4 Å². The monoisotopic (exact) mass is 343 g/mol. The molecule has 1 rings (SSSR count). The van der Waals surface area contributed by atoms with Crippen molar-refractivity contribution < 1.29 is 18.3 Å². The Labute approximate surface area is 142 Å². The fourth-order valence-electron chi connectivity index (χ4n) is 1.95. The number of methoxy groups -OCH3 is 1. The van der Waals surface area contributed by atoms with E-state index in [-0.39, 0.29) is 12.1 Å². The van der Waals surface area contributed by atoms with Crippen LogP contribution in [0.2, 0.25) is 0 Å². The maximum Gasteiger partial charge on any atom is 0.191 e. The van der Waals surface area contributed by atoms with Gasteiger partial charge < -0.3 is 20.1 Å². The highest BCUT2D eigenvalue weighted by atomic mass is 19.1. The zero-order valence-corrected chi connectivity index (χ0v) is 14.4. The molecular weight excluding hydrogens is 316 g/mol. The SMILES string of the molecule is CCNC(=NCc1cc(F)ccc1F)NCCCCOCCOC. The average molecular weight is 343 g/mol. The largest absolute Gasteiger partial charge is 0.382 e. The first-order chi connectivity index (χ1) is 11.7. The number of benzene rings is 1. The smallest absolute Gasteiger partial charge is 0.191 e. The molecule has 0 saturated heterocycles. The van der Waals surface area contributed by atoms with E-state index in [0.29, 0.717) is 32.3 Å². The third kappa shape index (κ3) is 8.79. The fraction of sp³-hybridized carbons (Fsp3) is 0.588. The minimum Gasteiger partial charge on any atom is -0.382 e. The van der Waals surface area contributed by atoms with Crippen molar-refractivity contribution in [3.8, 4) is 0 Å². The molecule has 0 unspecified atom stereocenters. The fourth-order valence-corrected chi connectivity index (χ4v) is 1.95. The van der Waals surface area contributed by atoms with Crippen molar-refractivity contribution in [1.82, 2.24) is 10.6 Å². The van der Waals surface area contributed by atoms with Crippen molar-refractivity contribution in [3.05, 3.63) is 35.4 Å². The molecule has 0 aliphatic carbocycles. The van der Waals surface area contributed by atoms with Gasteiger partial charge in [0.15, 0.2) is 5.96 Å². The molecule has 5 nitrogen and oxygen atoms in total. The predicted molar refractivity (Wildman–Crippen MR) is 91.1 cm³/mol. The standard InChI is InChI=1S/C17H27F2N3O2/c1-3-20-17(21-8-4-5-9-24-11-10-23-2)22-13-14-12-15(18)6-7-16(14)19/h6-7,12H,3-5,8-11,13H2,1-2H3,(H2,20,21,22). The van der Waals surface area contributed by atoms with Crippen LogP contribution in [-0.4, -0.2) is 46.0 Å². The minimum absolute atomic E-state index is 0.0824. The lowest BCUT2D eigenvalue weighted by Crippen LogP contribution is -2.37. The Balaban J connectivity index is 2.33. The van der Waals surface area contributed by atoms with Crippen LogP contribution in [0.3, 0.4) is 0 Å². The quantitative estimate of drug-likeness (QED) is 0.368. The molecule has 136 valence electrons. The molecule has 0 radical (unpaired) electrons. The number of unbranched alkanes of at least 4 members (excludes halogenated alkanes) is 1. The Hall–Kier alpha value is -1.73. The second kappa shape index (κ2) is 12.7. The molecule has 0 aromatic heterocycles. The van der Waals surface area contributed by atoms with Gasteiger partial charge in [-0.25, -0.2) is 13.8 Å². The predicted octanol–water partition coefficient (Wildman–Crippen LogP) is 2.46. The minimum atomic E-state index is -0.465. The lowest BCUT2D eigenvalue weighted by Gasteiger charge is -2.11. The summed E-state index contributed by atoms with van der Waals surface area (Å²) in [6.45, 7) is 5.35. The zero-order chi connectivity index (χ0) is 17.6. The van der Waals surface area contributed by atoms with Crippen molar-refractivity contribution in [2.45, 2.75) is 26.3 Å². The van der Waals surface area contributed by atoms with E-state index in [1.54, 1.807) is 7.11 Å². The molecular formula is C17H27F2N3O2. The lowest BCUT2D eigenvalue weighted by molar-refractivity contribution is 0.0689. The summed E-state index contributed by atoms with van der Waals surface area (Å²) in [4.78, 5) is 4.28. The average Bonchev–Trinajstić information content (AvgIpc) is 2.57. The van der Waals surface area contributed by atoms with Crippen LogP contribution in [0.15, 0.2) is 23.2 Å². The molecule has 0 fully saturated rings. The normalized spacial score (nSPS) is 11.6. The summed E-state index contributed by atoms with van der Waals surface area (Å²) in [6.07, 6.45) is 1.85. The van der Waals surface area contributed by atoms with E-state index in [9.17, 15) is 8.78 Å². The summed E-state index contributed by atoms with van der Waals surface area (Å²) in [7, 11) is 1.64. The number of guanidine groups is 1. The van der Waals surface area contributed by atoms with Gasteiger partial charge in [0.25, 0.3) is 0 Å². The number of nitrogens with one attached hydrogen (secondary N) is 2. The molecule has 0 spiro atoms. The number of aliphatic imine (C=N–C) groups is 1. The molecule has 1 aromatic carbocycles. The molecule has 0 aliphatic rings. The summed E-state index contributed by atoms with van der Waals surface area (Å²) in [6, 6.07) is 3.38. The van der Waals surface area contributed by atoms with Gasteiger partial charge >= 0.3 is 0 Å². The van der Waals surface area contributed by atoms with E-state index in [1.807, 2.05) is 6.92 Å². The Bertz CT molecular complexity index is 499. The van der Waals surface area contributed by atoms with Crippen molar-refractivity contribution in [2.75, 3.05) is 40.0 Å². The summed E-state index contributed by atoms with van der Waals surface area (Å²) in [5.74, 6) is -0.335. The van der Waals surface area contributed by atoms with Crippen LogP contribution in [0.1, 0.15) is 25.3 Å². The van der Waals surface area contributed by atoms with Gasteiger partial charge in [-0.15, -0.1) is 0 Å². The molecule has 1 aromatic rings. The van der Waals surface area contributed by atoms with Crippen LogP contribution < -0.4 is 10.6 Å². The van der Waals surface area contributed by atoms with E-state index in [1.165, 1.54) is 6.07 Å². The third-order valence-electron chi connectivity index (χ3n) is 3.20. The van der Waals surface area contributed by atoms with Crippen molar-refractivity contribution >= 4 is 5.96 Å². The number of ether oxygens (including phenoxy) is 2. The van der Waals surface area contributed by atoms with Crippen molar-refractivity contribution in [3.63, 3.8) is 0 Å². The first-order valence-corrected chi connectivity index (χ1v) is 8.20. The highest BCUT2D eigenvalue weighted by molar-refractivity contribution is 5.79. The Morgan fingerprint density at radius 2 is 1.96 bits per heavy atom. The van der Waals surface area contributed by atoms with Gasteiger partial charge in [-0.1, -0.05) is 0 Å². The van der Waals surface area contributed by atoms with Crippen molar-refractivity contribution in [1.29, 1.82) is 0 Å². The van der Waals surface area contributed by atoms with Crippen LogP contribution in [-0.2, 0) is 16.0 Å². The maximum absolute atomic E-state index is 13.6. The van der Waals surface area contributed by atoms with Crippen LogP contribution in [0.5, 0.6) is 0 Å². The van der Waals surface area contributed by atoms with Gasteiger partial charge in [0.1, 0.15) is 11.6 Å². The van der Waals surface area contributed by atoms with E-state index in [2.05, 4.69) is 15.6 Å². The van der Waals surface area contributed by atoms with E-state index < -0.39 is 11.6 Å². The molecule has 0 bridgehead atoms. The molecule has 0 amide bonds. The molecule has 0 saturated carbocycles. The Morgan fingerprint density at radius 1 is 1.12 bits per heavy atom. The number of halogens is 2. The van der Waals surface area contributed by atoms with Gasteiger partial charge in [-0.2, -0.15) is 0 Å². The van der Waals surface area contributed by atoms with E-state index >= 15 is 0 Å². The van der Waals surface area contributed by atoms with Gasteiger partial charge in [-0.3, -0.25) is 0 Å². The third-order valence-corrected chi connectivity index (χ3v) is 3.20. The zero-order valence-electron chi connectivity index (χ0n) is 14.4. The molecule has 0 aliphatic heterocycles. The highest BCUT2D eigenvalue weighted by Crippen LogP contribution is 2.10. The number of hydrogen-bond donors (Lipinski definition) is 2. The van der Waals surface area contributed by atoms with E-state index in [4.69, 9.17) is 9.47 Å².